The van der Waals surface area contributed by atoms with Crippen molar-refractivity contribution in [1.29, 1.82) is 0 Å². The molecular weight excluding hydrogens is 404 g/mol. The maximum Gasteiger partial charge on any atom is 0.323 e. The summed E-state index contributed by atoms with van der Waals surface area (Å²) in [5.74, 6) is 0. The van der Waals surface area contributed by atoms with E-state index in [0.717, 1.165) is 32.6 Å². The Bertz CT molecular complexity index is 1140. The van der Waals surface area contributed by atoms with Gasteiger partial charge in [-0.15, -0.1) is 0 Å². The number of para-hydroxylation sites is 1. The number of hydrogen-bond donors (Lipinski definition) is 2. The summed E-state index contributed by atoms with van der Waals surface area (Å²) in [4.78, 5) is 17.0. The summed E-state index contributed by atoms with van der Waals surface area (Å²) in [6.07, 6.45) is 3.93. The van der Waals surface area contributed by atoms with E-state index in [2.05, 4.69) is 31.5 Å². The fourth-order valence-corrected chi connectivity index (χ4v) is 3.21. The average molecular weight is 421 g/mol. The van der Waals surface area contributed by atoms with Crippen LogP contribution in [0.5, 0.6) is 0 Å². The Morgan fingerprint density at radius 1 is 1.00 bits per heavy atom. The first-order chi connectivity index (χ1) is 13.1. The third kappa shape index (κ3) is 3.85. The molecule has 0 spiro atoms. The molecule has 0 aliphatic rings. The highest BCUT2D eigenvalue weighted by molar-refractivity contribution is 9.10. The van der Waals surface area contributed by atoms with E-state index in [9.17, 15) is 4.79 Å². The fourth-order valence-electron chi connectivity index (χ4n) is 2.86. The normalized spacial score (nSPS) is 10.7. The molecule has 5 nitrogen and oxygen atoms in total. The van der Waals surface area contributed by atoms with E-state index in [1.54, 1.807) is 0 Å². The number of hydrogen-bond acceptors (Lipinski definition) is 2. The maximum absolute atomic E-state index is 12.3. The van der Waals surface area contributed by atoms with Gasteiger partial charge in [-0.2, -0.15) is 0 Å². The number of amides is 2. The Balaban J connectivity index is 1.55. The second kappa shape index (κ2) is 7.25. The van der Waals surface area contributed by atoms with Crippen LogP contribution in [0.2, 0.25) is 0 Å². The van der Waals surface area contributed by atoms with Gasteiger partial charge < -0.3 is 15.0 Å². The average Bonchev–Trinajstić information content (AvgIpc) is 3.07. The van der Waals surface area contributed by atoms with Crippen LogP contribution in [0.3, 0.4) is 0 Å². The van der Waals surface area contributed by atoms with Crippen molar-refractivity contribution >= 4 is 39.0 Å². The highest BCUT2D eigenvalue weighted by Crippen LogP contribution is 2.24. The number of pyridine rings is 1. The van der Waals surface area contributed by atoms with E-state index in [1.807, 2.05) is 84.4 Å². The van der Waals surface area contributed by atoms with E-state index in [-0.39, 0.29) is 6.03 Å². The minimum atomic E-state index is -0.277. The molecule has 134 valence electrons. The molecule has 4 rings (SSSR count). The molecule has 0 fully saturated rings. The summed E-state index contributed by atoms with van der Waals surface area (Å²) in [5, 5.41) is 5.75. The molecule has 0 atom stereocenters. The molecule has 2 aromatic heterocycles. The number of aryl methyl sites for hydroxylation is 1. The Morgan fingerprint density at radius 3 is 2.70 bits per heavy atom. The first-order valence-corrected chi connectivity index (χ1v) is 9.26. The zero-order valence-electron chi connectivity index (χ0n) is 14.6. The number of carbonyl (C=O) groups is 1. The van der Waals surface area contributed by atoms with E-state index >= 15 is 0 Å². The minimum absolute atomic E-state index is 0.277. The van der Waals surface area contributed by atoms with Crippen molar-refractivity contribution < 1.29 is 4.79 Å². The zero-order chi connectivity index (χ0) is 18.8. The number of nitrogens with zero attached hydrogens (tertiary/aromatic N) is 2. The van der Waals surface area contributed by atoms with Crippen LogP contribution < -0.4 is 10.6 Å². The molecular formula is C21H17BrN4O. The quantitative estimate of drug-likeness (QED) is 0.445. The first kappa shape index (κ1) is 17.3. The van der Waals surface area contributed by atoms with E-state index < -0.39 is 0 Å². The zero-order valence-corrected chi connectivity index (χ0v) is 16.2. The third-order valence-corrected chi connectivity index (χ3v) is 4.69. The lowest BCUT2D eigenvalue weighted by Crippen LogP contribution is -2.19. The van der Waals surface area contributed by atoms with E-state index in [0.29, 0.717) is 5.69 Å². The molecule has 27 heavy (non-hydrogen) atoms. The second-order valence-electron chi connectivity index (χ2n) is 6.21. The standard InChI is InChI=1S/C21H17BrN4O/c1-14-5-2-3-8-18(14)25-21(27)23-17-7-4-6-15(11-17)19-13-26-12-16(22)9-10-20(26)24-19/h2-13H,1H3,(H2,23,25,27). The molecule has 0 aliphatic carbocycles. The number of imidazole rings is 1. The number of carbonyl (C=O) groups excluding carboxylic acids is 1. The monoisotopic (exact) mass is 420 g/mol. The maximum atomic E-state index is 12.3. The number of halogens is 1. The van der Waals surface area contributed by atoms with Crippen LogP contribution in [0.1, 0.15) is 5.56 Å². The predicted molar refractivity (Wildman–Crippen MR) is 112 cm³/mol. The van der Waals surface area contributed by atoms with Crippen LogP contribution in [0.15, 0.2) is 77.5 Å². The Morgan fingerprint density at radius 2 is 1.85 bits per heavy atom. The van der Waals surface area contributed by atoms with Gasteiger partial charge in [-0.1, -0.05) is 30.3 Å². The smallest absolute Gasteiger partial charge is 0.308 e. The number of benzene rings is 2. The summed E-state index contributed by atoms with van der Waals surface area (Å²) < 4.78 is 2.95. The van der Waals surface area contributed by atoms with Gasteiger partial charge in [0.15, 0.2) is 0 Å². The van der Waals surface area contributed by atoms with Gasteiger partial charge in [-0.05, 0) is 58.7 Å². The molecule has 0 radical (unpaired) electrons. The van der Waals surface area contributed by atoms with Crippen LogP contribution in [-0.4, -0.2) is 15.4 Å². The minimum Gasteiger partial charge on any atom is -0.308 e. The largest absolute Gasteiger partial charge is 0.323 e. The molecule has 0 saturated heterocycles. The number of nitrogens with one attached hydrogen (secondary N) is 2. The number of fused-ring (bicyclic) bond motifs is 1. The highest BCUT2D eigenvalue weighted by atomic mass is 79.9. The molecule has 4 aromatic rings. The van der Waals surface area contributed by atoms with Gasteiger partial charge in [0, 0.05) is 33.8 Å². The lowest BCUT2D eigenvalue weighted by Gasteiger charge is -2.10. The first-order valence-electron chi connectivity index (χ1n) is 8.47. The molecule has 0 bridgehead atoms. The summed E-state index contributed by atoms with van der Waals surface area (Å²) in [5.41, 5.74) is 5.15. The van der Waals surface area contributed by atoms with Gasteiger partial charge in [0.05, 0.1) is 5.69 Å². The Kier molecular flexibility index (Phi) is 4.64. The summed E-state index contributed by atoms with van der Waals surface area (Å²) in [6, 6.07) is 18.9. The van der Waals surface area contributed by atoms with Gasteiger partial charge in [-0.25, -0.2) is 9.78 Å². The third-order valence-electron chi connectivity index (χ3n) is 4.22. The molecule has 0 aliphatic heterocycles. The summed E-state index contributed by atoms with van der Waals surface area (Å²) >= 11 is 3.47. The van der Waals surface area contributed by atoms with Gasteiger partial charge in [0.2, 0.25) is 0 Å². The number of urea groups is 1. The second-order valence-corrected chi connectivity index (χ2v) is 7.13. The SMILES string of the molecule is Cc1ccccc1NC(=O)Nc1cccc(-c2cn3cc(Br)ccc3n2)c1. The topological polar surface area (TPSA) is 58.4 Å². The Hall–Kier alpha value is -3.12. The van der Waals surface area contributed by atoms with Gasteiger partial charge in [0.1, 0.15) is 5.65 Å². The number of rotatable bonds is 3. The number of anilines is 2. The predicted octanol–water partition coefficient (Wildman–Crippen LogP) is 5.72. The lowest BCUT2D eigenvalue weighted by molar-refractivity contribution is 0.262. The van der Waals surface area contributed by atoms with Crippen molar-refractivity contribution in [2.75, 3.05) is 10.6 Å². The van der Waals surface area contributed by atoms with Crippen LogP contribution in [0, 0.1) is 6.92 Å². The number of aromatic nitrogens is 2. The summed E-state index contributed by atoms with van der Waals surface area (Å²) in [6.45, 7) is 1.96. The van der Waals surface area contributed by atoms with Crippen LogP contribution in [-0.2, 0) is 0 Å². The Labute approximate surface area is 165 Å². The fraction of sp³-hybridized carbons (Fsp3) is 0.0476. The van der Waals surface area contributed by atoms with Crippen molar-refractivity contribution in [1.82, 2.24) is 9.38 Å². The van der Waals surface area contributed by atoms with E-state index in [4.69, 9.17) is 0 Å². The highest BCUT2D eigenvalue weighted by Gasteiger charge is 2.08. The van der Waals surface area contributed by atoms with Gasteiger partial charge >= 0.3 is 6.03 Å². The lowest BCUT2D eigenvalue weighted by atomic mass is 10.1. The molecule has 2 heterocycles. The van der Waals surface area contributed by atoms with Gasteiger partial charge in [0.25, 0.3) is 0 Å². The van der Waals surface area contributed by atoms with Crippen molar-refractivity contribution in [2.45, 2.75) is 6.92 Å². The van der Waals surface area contributed by atoms with Crippen molar-refractivity contribution in [3.8, 4) is 11.3 Å². The molecule has 0 unspecified atom stereocenters. The molecule has 0 saturated carbocycles. The van der Waals surface area contributed by atoms with Crippen molar-refractivity contribution in [2.24, 2.45) is 0 Å². The van der Waals surface area contributed by atoms with Crippen LogP contribution in [0.25, 0.3) is 16.9 Å². The molecule has 6 heteroatoms. The molecule has 2 amide bonds. The molecule has 2 N–H and O–H groups in total. The van der Waals surface area contributed by atoms with E-state index in [1.165, 1.54) is 0 Å². The molecule has 2 aromatic carbocycles. The van der Waals surface area contributed by atoms with Crippen molar-refractivity contribution in [3.05, 3.63) is 83.1 Å². The van der Waals surface area contributed by atoms with Crippen LogP contribution >= 0.6 is 15.9 Å². The van der Waals surface area contributed by atoms with Crippen LogP contribution in [0.4, 0.5) is 16.2 Å². The van der Waals surface area contributed by atoms with Crippen molar-refractivity contribution in [3.63, 3.8) is 0 Å². The summed E-state index contributed by atoms with van der Waals surface area (Å²) in [7, 11) is 0. The van der Waals surface area contributed by atoms with Gasteiger partial charge in [-0.3, -0.25) is 0 Å².